The predicted octanol–water partition coefficient (Wildman–Crippen LogP) is 7.47. The summed E-state index contributed by atoms with van der Waals surface area (Å²) in [6.45, 7) is 15.0. The number of halogens is 1. The minimum Gasteiger partial charge on any atom is -0.490 e. The molecule has 1 N–H and O–H groups in total. The number of nitrogens with one attached hydrogen (secondary N) is 1. The number of ether oxygens (including phenoxy) is 2. The summed E-state index contributed by atoms with van der Waals surface area (Å²) in [5.41, 5.74) is 3.55. The first-order valence-corrected chi connectivity index (χ1v) is 23.5. The number of morpholine rings is 1. The van der Waals surface area contributed by atoms with E-state index in [2.05, 4.69) is 50.6 Å². The molecule has 2 aromatic rings. The Morgan fingerprint density at radius 2 is 1.91 bits per heavy atom. The SMILES string of the molecule is CCCCC[C@]1(CN2CCN3CCOC[C@@H]3C2)/C=C/C[C@H](C)[C@@H](C)S(=O)(=O)NC(=O)c2ccc3c(c2)N(C[C@@H]2CC[C@H]21)C[C@@]1(CCCc2cc(Cl)ccc21)CO3. The lowest BCUT2D eigenvalue weighted by Gasteiger charge is -2.54. The van der Waals surface area contributed by atoms with Gasteiger partial charge in [0.05, 0.1) is 30.8 Å². The summed E-state index contributed by atoms with van der Waals surface area (Å²) < 4.78 is 42.7. The molecule has 2 aromatic carbocycles. The van der Waals surface area contributed by atoms with Crippen LogP contribution in [-0.4, -0.2) is 101 Å². The van der Waals surface area contributed by atoms with Crippen molar-refractivity contribution in [2.75, 3.05) is 70.5 Å². The van der Waals surface area contributed by atoms with E-state index < -0.39 is 21.2 Å². The van der Waals surface area contributed by atoms with Gasteiger partial charge in [0.1, 0.15) is 5.75 Å². The standard InChI is InChI=1S/C45H63ClN4O5S/c1-4-5-6-17-44(29-48-20-21-49-22-23-54-28-38(49)27-48)18-7-9-32(2)33(3)56(52,53)47-43(51)35-12-16-42-41(25-35)50(26-36-11-14-40(36)44)30-45(31-55-42)19-8-10-34-24-37(46)13-15-39(34)45/h7,12-13,15-16,18,24-25,32-33,36,38,40H,4-6,8-11,14,17,19-23,26-31H2,1-3H3,(H,47,51)/b18-7+/t32-,33+,36-,38-,40+,44+,45-/m0/s1. The zero-order valence-corrected chi connectivity index (χ0v) is 35.4. The molecule has 0 unspecified atom stereocenters. The van der Waals surface area contributed by atoms with E-state index in [1.165, 1.54) is 36.8 Å². The highest BCUT2D eigenvalue weighted by Crippen LogP contribution is 2.53. The van der Waals surface area contributed by atoms with Crippen LogP contribution < -0.4 is 14.4 Å². The maximum Gasteiger partial charge on any atom is 0.264 e. The molecular formula is C45H63ClN4O5S. The van der Waals surface area contributed by atoms with Crippen molar-refractivity contribution in [2.24, 2.45) is 23.2 Å². The van der Waals surface area contributed by atoms with E-state index in [0.717, 1.165) is 108 Å². The first-order chi connectivity index (χ1) is 27.0. The molecule has 0 radical (unpaired) electrons. The highest BCUT2D eigenvalue weighted by Gasteiger charge is 2.49. The van der Waals surface area contributed by atoms with Crippen LogP contribution in [0.4, 0.5) is 5.69 Å². The second-order valence-electron chi connectivity index (χ2n) is 18.2. The van der Waals surface area contributed by atoms with Gasteiger partial charge in [-0.15, -0.1) is 0 Å². The van der Waals surface area contributed by atoms with Crippen molar-refractivity contribution in [3.05, 3.63) is 70.3 Å². The molecule has 6 aliphatic rings. The maximum absolute atomic E-state index is 13.8. The number of hydrogen-bond acceptors (Lipinski definition) is 8. The van der Waals surface area contributed by atoms with Crippen molar-refractivity contribution in [3.63, 3.8) is 0 Å². The first-order valence-electron chi connectivity index (χ1n) is 21.6. The van der Waals surface area contributed by atoms with E-state index in [9.17, 15) is 13.2 Å². The van der Waals surface area contributed by atoms with E-state index >= 15 is 0 Å². The van der Waals surface area contributed by atoms with Gasteiger partial charge in [-0.05, 0) is 111 Å². The van der Waals surface area contributed by atoms with Gasteiger partial charge in [-0.2, -0.15) is 0 Å². The third kappa shape index (κ3) is 8.03. The van der Waals surface area contributed by atoms with Gasteiger partial charge in [-0.25, -0.2) is 13.1 Å². The normalized spacial score (nSPS) is 34.2. The Morgan fingerprint density at radius 3 is 2.73 bits per heavy atom. The highest BCUT2D eigenvalue weighted by atomic mass is 35.5. The van der Waals surface area contributed by atoms with Crippen LogP contribution in [0.15, 0.2) is 48.6 Å². The molecule has 11 heteroatoms. The molecule has 4 aliphatic heterocycles. The molecule has 306 valence electrons. The average Bonchev–Trinajstić information content (AvgIpc) is 3.32. The van der Waals surface area contributed by atoms with Gasteiger partial charge in [0.25, 0.3) is 5.91 Å². The fourth-order valence-electron chi connectivity index (χ4n) is 11.1. The zero-order chi connectivity index (χ0) is 39.1. The Bertz CT molecular complexity index is 1890. The van der Waals surface area contributed by atoms with E-state index in [0.29, 0.717) is 36.5 Å². The third-order valence-corrected chi connectivity index (χ3v) is 16.8. The summed E-state index contributed by atoms with van der Waals surface area (Å²) in [6.07, 6.45) is 15.6. The molecular weight excluding hydrogens is 744 g/mol. The molecule has 0 aromatic heterocycles. The number of aryl methyl sites for hydroxylation is 1. The van der Waals surface area contributed by atoms with Gasteiger partial charge >= 0.3 is 0 Å². The minimum atomic E-state index is -3.94. The van der Waals surface area contributed by atoms with Crippen molar-refractivity contribution in [1.82, 2.24) is 14.5 Å². The van der Waals surface area contributed by atoms with Gasteiger partial charge in [-0.1, -0.05) is 62.9 Å². The van der Waals surface area contributed by atoms with Gasteiger partial charge in [-0.3, -0.25) is 14.6 Å². The summed E-state index contributed by atoms with van der Waals surface area (Å²) in [4.78, 5) is 21.6. The van der Waals surface area contributed by atoms with E-state index in [-0.39, 0.29) is 16.7 Å². The molecule has 56 heavy (non-hydrogen) atoms. The smallest absolute Gasteiger partial charge is 0.264 e. The fourth-order valence-corrected chi connectivity index (χ4v) is 12.6. The Balaban J connectivity index is 1.20. The predicted molar refractivity (Wildman–Crippen MR) is 224 cm³/mol. The van der Waals surface area contributed by atoms with Crippen LogP contribution in [0, 0.1) is 23.2 Å². The van der Waals surface area contributed by atoms with Crippen LogP contribution in [0.1, 0.15) is 100 Å². The third-order valence-electron chi connectivity index (χ3n) is 14.7. The Morgan fingerprint density at radius 1 is 1.04 bits per heavy atom. The lowest BCUT2D eigenvalue weighted by Crippen LogP contribution is -2.60. The van der Waals surface area contributed by atoms with E-state index in [1.807, 2.05) is 25.1 Å². The van der Waals surface area contributed by atoms with Crippen molar-refractivity contribution < 1.29 is 22.7 Å². The van der Waals surface area contributed by atoms with Crippen LogP contribution in [0.2, 0.25) is 5.02 Å². The summed E-state index contributed by atoms with van der Waals surface area (Å²) in [6, 6.07) is 12.3. The molecule has 1 saturated carbocycles. The summed E-state index contributed by atoms with van der Waals surface area (Å²) >= 11 is 6.55. The Kier molecular flexibility index (Phi) is 11.9. The van der Waals surface area contributed by atoms with Crippen LogP contribution in [0.25, 0.3) is 0 Å². The average molecular weight is 808 g/mol. The number of sulfonamides is 1. The summed E-state index contributed by atoms with van der Waals surface area (Å²) in [5, 5.41) is 0.0230. The topological polar surface area (TPSA) is 91.4 Å². The molecule has 9 nitrogen and oxygen atoms in total. The molecule has 2 saturated heterocycles. The van der Waals surface area contributed by atoms with Crippen molar-refractivity contribution in [1.29, 1.82) is 0 Å². The molecule has 2 bridgehead atoms. The van der Waals surface area contributed by atoms with Gasteiger partial charge in [0, 0.05) is 73.3 Å². The Hall–Kier alpha value is -2.63. The maximum atomic E-state index is 13.8. The minimum absolute atomic E-state index is 0.0399. The Labute approximate surface area is 340 Å². The van der Waals surface area contributed by atoms with Crippen LogP contribution in [-0.2, 0) is 26.6 Å². The number of benzene rings is 2. The number of allylic oxidation sites excluding steroid dienone is 1. The number of hydrogen-bond donors (Lipinski definition) is 1. The number of carbonyl (C=O) groups is 1. The number of unbranched alkanes of at least 4 members (excludes halogenated alkanes) is 2. The highest BCUT2D eigenvalue weighted by molar-refractivity contribution is 7.90. The van der Waals surface area contributed by atoms with Gasteiger partial charge in [0.15, 0.2) is 0 Å². The second-order valence-corrected chi connectivity index (χ2v) is 20.7. The number of carbonyl (C=O) groups excluding carboxylic acids is 1. The largest absolute Gasteiger partial charge is 0.490 e. The van der Waals surface area contributed by atoms with Crippen LogP contribution in [0.5, 0.6) is 5.75 Å². The second kappa shape index (κ2) is 16.6. The molecule has 3 fully saturated rings. The molecule has 8 rings (SSSR count). The van der Waals surface area contributed by atoms with Crippen molar-refractivity contribution in [3.8, 4) is 5.75 Å². The van der Waals surface area contributed by atoms with E-state index in [1.54, 1.807) is 13.0 Å². The molecule has 1 amide bonds. The van der Waals surface area contributed by atoms with Gasteiger partial charge < -0.3 is 14.4 Å². The van der Waals surface area contributed by atoms with Crippen molar-refractivity contribution in [2.45, 2.75) is 102 Å². The molecule has 1 spiro atoms. The quantitative estimate of drug-likeness (QED) is 0.238. The lowest BCUT2D eigenvalue weighted by molar-refractivity contribution is -0.0604. The number of anilines is 1. The zero-order valence-electron chi connectivity index (χ0n) is 33.8. The number of fused-ring (bicyclic) bond motifs is 5. The first kappa shape index (κ1) is 40.2. The number of nitrogens with zero attached hydrogens (tertiary/aromatic N) is 3. The molecule has 2 aliphatic carbocycles. The van der Waals surface area contributed by atoms with Gasteiger partial charge in [0.2, 0.25) is 10.0 Å². The summed E-state index contributed by atoms with van der Waals surface area (Å²) in [7, 11) is -3.94. The monoisotopic (exact) mass is 806 g/mol. The van der Waals surface area contributed by atoms with Crippen LogP contribution >= 0.6 is 11.6 Å². The molecule has 4 heterocycles. The lowest BCUT2D eigenvalue weighted by atomic mass is 9.56. The number of piperazine rings is 1. The summed E-state index contributed by atoms with van der Waals surface area (Å²) in [5.74, 6) is 0.930. The van der Waals surface area contributed by atoms with Crippen molar-refractivity contribution >= 4 is 33.2 Å². The van der Waals surface area contributed by atoms with Crippen LogP contribution in [0.3, 0.4) is 0 Å². The number of amides is 1. The molecule has 7 atom stereocenters. The number of rotatable bonds is 6. The van der Waals surface area contributed by atoms with E-state index in [4.69, 9.17) is 21.1 Å². The fraction of sp³-hybridized carbons (Fsp3) is 0.667.